The number of thiophene rings is 1. The summed E-state index contributed by atoms with van der Waals surface area (Å²) < 4.78 is 0. The molecule has 0 aliphatic heterocycles. The Kier molecular flexibility index (Phi) is 4.98. The largest absolute Gasteiger partial charge is 0.315 e. The lowest BCUT2D eigenvalue weighted by atomic mass is 10.1. The minimum Gasteiger partial charge on any atom is -0.315 e. The summed E-state index contributed by atoms with van der Waals surface area (Å²) in [5.74, 6) is -0.0671. The number of nitrogens with one attached hydrogen (secondary N) is 1. The van der Waals surface area contributed by atoms with E-state index in [1.165, 1.54) is 16.0 Å². The topological polar surface area (TPSA) is 56.1 Å². The number of carbonyl (C=O) groups excluding carboxylic acids is 1. The molecule has 3 rings (SSSR count). The van der Waals surface area contributed by atoms with Crippen molar-refractivity contribution in [1.82, 2.24) is 4.90 Å². The molecule has 124 valence electrons. The normalized spacial score (nSPS) is 12.9. The van der Waals surface area contributed by atoms with Crippen LogP contribution in [0.4, 0.5) is 5.00 Å². The zero-order valence-electron chi connectivity index (χ0n) is 14.1. The van der Waals surface area contributed by atoms with Gasteiger partial charge in [0.25, 0.3) is 0 Å². The van der Waals surface area contributed by atoms with Crippen molar-refractivity contribution < 1.29 is 4.79 Å². The van der Waals surface area contributed by atoms with Crippen LogP contribution in [0.5, 0.6) is 0 Å². The van der Waals surface area contributed by atoms with Gasteiger partial charge in [0.15, 0.2) is 0 Å². The third-order valence-corrected chi connectivity index (χ3v) is 5.61. The SMILES string of the molecule is Cc1ccccc1CN(C)CC(=O)Nc1sc2c(c1C#N)CCC2. The summed E-state index contributed by atoms with van der Waals surface area (Å²) in [6, 6.07) is 10.5. The minimum absolute atomic E-state index is 0.0671. The molecule has 4 nitrogen and oxygen atoms in total. The molecule has 0 fully saturated rings. The molecule has 0 bridgehead atoms. The second kappa shape index (κ2) is 7.16. The molecule has 1 heterocycles. The fourth-order valence-electron chi connectivity index (χ4n) is 3.16. The van der Waals surface area contributed by atoms with Crippen LogP contribution in [-0.2, 0) is 24.2 Å². The van der Waals surface area contributed by atoms with E-state index in [1.54, 1.807) is 11.3 Å². The molecular weight excluding hydrogens is 318 g/mol. The summed E-state index contributed by atoms with van der Waals surface area (Å²) in [5.41, 5.74) is 4.26. The van der Waals surface area contributed by atoms with Gasteiger partial charge in [-0.05, 0) is 49.9 Å². The van der Waals surface area contributed by atoms with Crippen LogP contribution in [0.3, 0.4) is 0 Å². The van der Waals surface area contributed by atoms with Crippen molar-refractivity contribution in [3.63, 3.8) is 0 Å². The molecule has 0 atom stereocenters. The van der Waals surface area contributed by atoms with Gasteiger partial charge in [-0.25, -0.2) is 0 Å². The van der Waals surface area contributed by atoms with E-state index in [1.807, 2.05) is 24.1 Å². The summed E-state index contributed by atoms with van der Waals surface area (Å²) in [5, 5.41) is 13.0. The fraction of sp³-hybridized carbons (Fsp3) is 0.368. The lowest BCUT2D eigenvalue weighted by Gasteiger charge is -2.17. The minimum atomic E-state index is -0.0671. The van der Waals surface area contributed by atoms with E-state index in [9.17, 15) is 10.1 Å². The Labute approximate surface area is 146 Å². The molecule has 1 aliphatic rings. The molecule has 1 aromatic heterocycles. The summed E-state index contributed by atoms with van der Waals surface area (Å²) in [7, 11) is 1.94. The van der Waals surface area contributed by atoms with E-state index in [4.69, 9.17) is 0 Å². The van der Waals surface area contributed by atoms with Crippen LogP contribution in [0, 0.1) is 18.3 Å². The molecule has 0 spiro atoms. The molecule has 0 saturated heterocycles. The molecule has 1 aromatic carbocycles. The van der Waals surface area contributed by atoms with Gasteiger partial charge in [-0.15, -0.1) is 11.3 Å². The Balaban J connectivity index is 1.62. The number of nitrogens with zero attached hydrogens (tertiary/aromatic N) is 2. The number of carbonyl (C=O) groups is 1. The Hall–Kier alpha value is -2.16. The fourth-order valence-corrected chi connectivity index (χ4v) is 4.41. The van der Waals surface area contributed by atoms with Crippen molar-refractivity contribution in [2.45, 2.75) is 32.7 Å². The van der Waals surface area contributed by atoms with Crippen LogP contribution >= 0.6 is 11.3 Å². The highest BCUT2D eigenvalue weighted by Crippen LogP contribution is 2.38. The van der Waals surface area contributed by atoms with Crippen LogP contribution in [0.25, 0.3) is 0 Å². The molecule has 1 amide bonds. The van der Waals surface area contributed by atoms with E-state index in [0.29, 0.717) is 12.1 Å². The monoisotopic (exact) mass is 339 g/mol. The predicted molar refractivity (Wildman–Crippen MR) is 97.2 cm³/mol. The van der Waals surface area contributed by atoms with E-state index in [0.717, 1.165) is 36.4 Å². The van der Waals surface area contributed by atoms with Crippen molar-refractivity contribution in [1.29, 1.82) is 5.26 Å². The third kappa shape index (κ3) is 3.50. The second-order valence-corrected chi connectivity index (χ2v) is 7.43. The first-order chi connectivity index (χ1) is 11.6. The van der Waals surface area contributed by atoms with Crippen molar-refractivity contribution in [2.75, 3.05) is 18.9 Å². The average molecular weight is 339 g/mol. The molecule has 2 aromatic rings. The Morgan fingerprint density at radius 1 is 1.38 bits per heavy atom. The van der Waals surface area contributed by atoms with E-state index < -0.39 is 0 Å². The molecular formula is C19H21N3OS. The lowest BCUT2D eigenvalue weighted by molar-refractivity contribution is -0.117. The first-order valence-corrected chi connectivity index (χ1v) is 8.97. The van der Waals surface area contributed by atoms with Gasteiger partial charge in [-0.2, -0.15) is 5.26 Å². The smallest absolute Gasteiger partial charge is 0.239 e. The van der Waals surface area contributed by atoms with Crippen molar-refractivity contribution >= 4 is 22.2 Å². The van der Waals surface area contributed by atoms with Gasteiger partial charge in [0.1, 0.15) is 11.1 Å². The number of nitriles is 1. The van der Waals surface area contributed by atoms with E-state index in [-0.39, 0.29) is 5.91 Å². The number of hydrogen-bond acceptors (Lipinski definition) is 4. The highest BCUT2D eigenvalue weighted by atomic mass is 32.1. The quantitative estimate of drug-likeness (QED) is 0.907. The van der Waals surface area contributed by atoms with Gasteiger partial charge in [-0.1, -0.05) is 24.3 Å². The zero-order chi connectivity index (χ0) is 17.1. The van der Waals surface area contributed by atoms with Crippen LogP contribution < -0.4 is 5.32 Å². The van der Waals surface area contributed by atoms with Crippen LogP contribution in [-0.4, -0.2) is 24.4 Å². The van der Waals surface area contributed by atoms with Crippen LogP contribution in [0.1, 0.15) is 33.6 Å². The van der Waals surface area contributed by atoms with Gasteiger partial charge in [0.2, 0.25) is 5.91 Å². The number of rotatable bonds is 5. The summed E-state index contributed by atoms with van der Waals surface area (Å²) >= 11 is 1.56. The van der Waals surface area contributed by atoms with Gasteiger partial charge >= 0.3 is 0 Å². The molecule has 1 N–H and O–H groups in total. The highest BCUT2D eigenvalue weighted by Gasteiger charge is 2.23. The predicted octanol–water partition coefficient (Wildman–Crippen LogP) is 3.49. The maximum atomic E-state index is 12.3. The number of hydrogen-bond donors (Lipinski definition) is 1. The molecule has 0 saturated carbocycles. The Bertz CT molecular complexity index is 803. The van der Waals surface area contributed by atoms with Crippen LogP contribution in [0.15, 0.2) is 24.3 Å². The molecule has 1 aliphatic carbocycles. The maximum absolute atomic E-state index is 12.3. The Morgan fingerprint density at radius 2 is 2.17 bits per heavy atom. The number of anilines is 1. The lowest BCUT2D eigenvalue weighted by Crippen LogP contribution is -2.30. The van der Waals surface area contributed by atoms with E-state index >= 15 is 0 Å². The summed E-state index contributed by atoms with van der Waals surface area (Å²) in [6.07, 6.45) is 3.10. The number of aryl methyl sites for hydroxylation is 2. The van der Waals surface area contributed by atoms with Gasteiger partial charge in [0.05, 0.1) is 12.1 Å². The first-order valence-electron chi connectivity index (χ1n) is 8.16. The van der Waals surface area contributed by atoms with Gasteiger partial charge < -0.3 is 5.32 Å². The second-order valence-electron chi connectivity index (χ2n) is 6.32. The van der Waals surface area contributed by atoms with Crippen molar-refractivity contribution in [3.8, 4) is 6.07 Å². The number of amides is 1. The molecule has 0 radical (unpaired) electrons. The highest BCUT2D eigenvalue weighted by molar-refractivity contribution is 7.16. The first kappa shape index (κ1) is 16.7. The summed E-state index contributed by atoms with van der Waals surface area (Å²) in [6.45, 7) is 3.11. The van der Waals surface area contributed by atoms with E-state index in [2.05, 4.69) is 30.4 Å². The molecule has 24 heavy (non-hydrogen) atoms. The van der Waals surface area contributed by atoms with Crippen molar-refractivity contribution in [3.05, 3.63) is 51.4 Å². The number of benzene rings is 1. The third-order valence-electron chi connectivity index (χ3n) is 4.40. The van der Waals surface area contributed by atoms with Crippen LogP contribution in [0.2, 0.25) is 0 Å². The number of fused-ring (bicyclic) bond motifs is 1. The molecule has 0 unspecified atom stereocenters. The average Bonchev–Trinajstić information content (AvgIpc) is 3.09. The van der Waals surface area contributed by atoms with Gasteiger partial charge in [0, 0.05) is 11.4 Å². The molecule has 5 heteroatoms. The maximum Gasteiger partial charge on any atom is 0.239 e. The number of likely N-dealkylation sites (N-methyl/N-ethyl adjacent to an activating group) is 1. The standard InChI is InChI=1S/C19H21N3OS/c1-13-6-3-4-7-14(13)11-22(2)12-18(23)21-19-16(10-20)15-8-5-9-17(15)24-19/h3-4,6-7H,5,8-9,11-12H2,1-2H3,(H,21,23). The Morgan fingerprint density at radius 3 is 2.92 bits per heavy atom. The van der Waals surface area contributed by atoms with Crippen molar-refractivity contribution in [2.24, 2.45) is 0 Å². The zero-order valence-corrected chi connectivity index (χ0v) is 14.9. The van der Waals surface area contributed by atoms with Gasteiger partial charge in [-0.3, -0.25) is 9.69 Å². The summed E-state index contributed by atoms with van der Waals surface area (Å²) in [4.78, 5) is 15.6.